The molecule has 0 aromatic heterocycles. The van der Waals surface area contributed by atoms with E-state index < -0.39 is 35.6 Å². The van der Waals surface area contributed by atoms with Crippen molar-refractivity contribution >= 4 is 23.8 Å². The number of aliphatic carboxylic acids is 2. The normalized spacial score (nSPS) is 17.4. The van der Waals surface area contributed by atoms with Gasteiger partial charge >= 0.3 is 11.9 Å². The zero-order valence-corrected chi connectivity index (χ0v) is 48.2. The van der Waals surface area contributed by atoms with Crippen molar-refractivity contribution in [3.63, 3.8) is 0 Å². The van der Waals surface area contributed by atoms with Gasteiger partial charge in [0.1, 0.15) is 0 Å². The van der Waals surface area contributed by atoms with Gasteiger partial charge < -0.3 is 32.3 Å². The Morgan fingerprint density at radius 3 is 0.917 bits per heavy atom. The van der Waals surface area contributed by atoms with Crippen LogP contribution in [0.25, 0.3) is 0 Å². The van der Waals surface area contributed by atoms with E-state index >= 15 is 0 Å². The van der Waals surface area contributed by atoms with Crippen LogP contribution in [0.4, 0.5) is 0 Å². The Balaban J connectivity index is 0. The Hall–Kier alpha value is -2.72. The molecule has 1 aliphatic rings. The zero-order valence-electron chi connectivity index (χ0n) is 48.2. The van der Waals surface area contributed by atoms with Gasteiger partial charge in [-0.15, -0.1) is 0 Å². The molecule has 0 bridgehead atoms. The van der Waals surface area contributed by atoms with Crippen LogP contribution in [-0.2, 0) is 19.2 Å². The molecule has 6 atom stereocenters. The third-order valence-corrected chi connectivity index (χ3v) is 14.9. The molecule has 0 spiro atoms. The molecule has 2 amide bonds. The molecule has 0 radical (unpaired) electrons. The van der Waals surface area contributed by atoms with Crippen molar-refractivity contribution in [1.82, 2.24) is 10.6 Å². The van der Waals surface area contributed by atoms with Gasteiger partial charge in [0.15, 0.2) is 0 Å². The van der Waals surface area contributed by atoms with Gasteiger partial charge in [-0.2, -0.15) is 0 Å². The molecule has 10 heteroatoms. The summed E-state index contributed by atoms with van der Waals surface area (Å²) in [7, 11) is 0. The number of hydrogen-bond acceptors (Lipinski definition) is 6. The molecule has 0 saturated heterocycles. The third kappa shape index (κ3) is 42.6. The highest BCUT2D eigenvalue weighted by molar-refractivity contribution is 5.90. The molecule has 72 heavy (non-hydrogen) atoms. The number of carbonyl (C=O) groups is 4. The van der Waals surface area contributed by atoms with Crippen LogP contribution in [0.2, 0.25) is 0 Å². The van der Waals surface area contributed by atoms with E-state index in [0.717, 1.165) is 64.5 Å². The van der Waals surface area contributed by atoms with Crippen molar-refractivity contribution in [3.05, 3.63) is 24.3 Å². The van der Waals surface area contributed by atoms with E-state index in [2.05, 4.69) is 76.5 Å². The van der Waals surface area contributed by atoms with E-state index in [4.69, 9.17) is 11.5 Å². The topological polar surface area (TPSA) is 185 Å². The molecule has 0 aromatic carbocycles. The van der Waals surface area contributed by atoms with Crippen LogP contribution in [0.3, 0.4) is 0 Å². The zero-order chi connectivity index (χ0) is 53.7. The second-order valence-corrected chi connectivity index (χ2v) is 21.4. The molecule has 1 fully saturated rings. The number of allylic oxidation sites excluding steroid dienone is 4. The number of rotatable bonds is 46. The summed E-state index contributed by atoms with van der Waals surface area (Å²) in [6.45, 7) is 15.6. The predicted octanol–water partition coefficient (Wildman–Crippen LogP) is 16.0. The summed E-state index contributed by atoms with van der Waals surface area (Å²) in [6, 6.07) is 0. The second kappa shape index (κ2) is 54.5. The van der Waals surface area contributed by atoms with Crippen LogP contribution < -0.4 is 22.1 Å². The van der Waals surface area contributed by atoms with Gasteiger partial charge in [0, 0.05) is 13.1 Å². The highest BCUT2D eigenvalue weighted by Crippen LogP contribution is 2.39. The number of carboxylic acid groups (broad SMARTS) is 2. The third-order valence-electron chi connectivity index (χ3n) is 14.9. The van der Waals surface area contributed by atoms with Gasteiger partial charge in [0.05, 0.1) is 23.7 Å². The fourth-order valence-electron chi connectivity index (χ4n) is 9.75. The summed E-state index contributed by atoms with van der Waals surface area (Å²) in [5.41, 5.74) is 10.9. The van der Waals surface area contributed by atoms with Crippen molar-refractivity contribution in [2.24, 2.45) is 47.0 Å². The predicted molar refractivity (Wildman–Crippen MR) is 308 cm³/mol. The van der Waals surface area contributed by atoms with Crippen molar-refractivity contribution < 1.29 is 29.4 Å². The van der Waals surface area contributed by atoms with Gasteiger partial charge in [0.2, 0.25) is 11.8 Å². The first-order valence-corrected chi connectivity index (χ1v) is 30.7. The number of carbonyl (C=O) groups excluding carboxylic acids is 2. The maximum atomic E-state index is 13.2. The minimum atomic E-state index is -1.23. The van der Waals surface area contributed by atoms with Gasteiger partial charge in [-0.25, -0.2) is 0 Å². The van der Waals surface area contributed by atoms with Gasteiger partial charge in [-0.1, -0.05) is 220 Å². The second-order valence-electron chi connectivity index (χ2n) is 21.4. The lowest BCUT2D eigenvalue weighted by Gasteiger charge is -2.37. The van der Waals surface area contributed by atoms with E-state index in [1.165, 1.54) is 180 Å². The fraction of sp³-hybridized carbons (Fsp3) is 0.871. The van der Waals surface area contributed by atoms with Crippen LogP contribution in [0, 0.1) is 35.5 Å². The SMILES string of the molecule is CCCCC(CC)CNC(=O)C1CC(C(=O)O)C(C(=O)O)CC1C(=O)NCC(CC)CCCC.CCCCCCCCC=CCCCCCCCCN.CCCCCCCCC=CCCCCCCCCN. The number of hydrogen-bond donors (Lipinski definition) is 6. The van der Waals surface area contributed by atoms with E-state index in [1.54, 1.807) is 0 Å². The Labute approximate surface area is 445 Å². The molecule has 1 saturated carbocycles. The lowest BCUT2D eigenvalue weighted by molar-refractivity contribution is -0.161. The fourth-order valence-corrected chi connectivity index (χ4v) is 9.75. The summed E-state index contributed by atoms with van der Waals surface area (Å²) < 4.78 is 0. The monoisotopic (exact) mass is 1020 g/mol. The number of carboxylic acids is 2. The van der Waals surface area contributed by atoms with Crippen LogP contribution >= 0.6 is 0 Å². The van der Waals surface area contributed by atoms with Crippen molar-refractivity contribution in [3.8, 4) is 0 Å². The minimum absolute atomic E-state index is 0.144. The Bertz CT molecular complexity index is 1200. The first-order valence-electron chi connectivity index (χ1n) is 30.7. The van der Waals surface area contributed by atoms with Gasteiger partial charge in [-0.3, -0.25) is 19.2 Å². The van der Waals surface area contributed by atoms with E-state index in [9.17, 15) is 29.4 Å². The van der Waals surface area contributed by atoms with Crippen LogP contribution in [0.5, 0.6) is 0 Å². The summed E-state index contributed by atoms with van der Waals surface area (Å²) in [6.07, 6.45) is 55.6. The summed E-state index contributed by atoms with van der Waals surface area (Å²) in [4.78, 5) is 49.9. The van der Waals surface area contributed by atoms with Gasteiger partial charge in [0.25, 0.3) is 0 Å². The van der Waals surface area contributed by atoms with E-state index in [1.807, 2.05) is 0 Å². The molecule has 1 rings (SSSR count). The smallest absolute Gasteiger partial charge is 0.307 e. The molecule has 10 nitrogen and oxygen atoms in total. The summed E-state index contributed by atoms with van der Waals surface area (Å²) in [5, 5.41) is 25.2. The van der Waals surface area contributed by atoms with Crippen LogP contribution in [0.1, 0.15) is 286 Å². The van der Waals surface area contributed by atoms with Crippen LogP contribution in [-0.4, -0.2) is 60.1 Å². The van der Waals surface area contributed by atoms with Crippen molar-refractivity contribution in [1.29, 1.82) is 0 Å². The highest BCUT2D eigenvalue weighted by Gasteiger charge is 2.49. The lowest BCUT2D eigenvalue weighted by atomic mass is 9.67. The largest absolute Gasteiger partial charge is 0.481 e. The quantitative estimate of drug-likeness (QED) is 0.0257. The maximum absolute atomic E-state index is 13.2. The molecule has 8 N–H and O–H groups in total. The molecule has 0 aliphatic heterocycles. The van der Waals surface area contributed by atoms with Crippen molar-refractivity contribution in [2.75, 3.05) is 26.2 Å². The maximum Gasteiger partial charge on any atom is 0.307 e. The average Bonchev–Trinajstić information content (AvgIpc) is 3.38. The molecule has 6 unspecified atom stereocenters. The van der Waals surface area contributed by atoms with Crippen LogP contribution in [0.15, 0.2) is 24.3 Å². The van der Waals surface area contributed by atoms with E-state index in [0.29, 0.717) is 24.9 Å². The number of nitrogens with one attached hydrogen (secondary N) is 2. The summed E-state index contributed by atoms with van der Waals surface area (Å²) in [5.74, 6) is -6.58. The average molecular weight is 1020 g/mol. The molecule has 1 aliphatic carbocycles. The Kier molecular flexibility index (Phi) is 54.1. The highest BCUT2D eigenvalue weighted by atomic mass is 16.4. The lowest BCUT2D eigenvalue weighted by Crippen LogP contribution is -2.51. The number of amides is 2. The van der Waals surface area contributed by atoms with Crippen molar-refractivity contribution in [2.45, 2.75) is 286 Å². The number of unbranched alkanes of at least 4 members (excludes halogenated alkanes) is 26. The molecule has 0 aromatic rings. The van der Waals surface area contributed by atoms with E-state index in [-0.39, 0.29) is 24.7 Å². The summed E-state index contributed by atoms with van der Waals surface area (Å²) >= 11 is 0. The molecule has 424 valence electrons. The standard InChI is InChI=1S/C26H46N2O6.2C18H37N/c1-5-9-11-17(7-3)15-27-23(29)19-13-21(25(31)32)22(26(33)34)14-20(19)24(30)28-16-18(8-4)12-10-6-2;2*1-2-3-4-5-6-7-8-9-10-11-12-13-14-15-16-17-18-19/h17-22H,5-16H2,1-4H3,(H,27,29)(H,28,30)(H,31,32)(H,33,34);2*9-10H,2-8,11-19H2,1H3. The minimum Gasteiger partial charge on any atom is -0.481 e. The Morgan fingerprint density at radius 1 is 0.403 bits per heavy atom. The molecular formula is C62H120N4O6. The first kappa shape index (κ1) is 71.4. The molecule has 0 heterocycles. The van der Waals surface area contributed by atoms with Gasteiger partial charge in [-0.05, 0) is 115 Å². The first-order chi connectivity index (χ1) is 35.0. The number of nitrogens with two attached hydrogens (primary N) is 2. The Morgan fingerprint density at radius 2 is 0.667 bits per heavy atom. The molecular weight excluding hydrogens is 897 g/mol.